The molecule has 1 atom stereocenters. The summed E-state index contributed by atoms with van der Waals surface area (Å²) in [6, 6.07) is 14.3. The van der Waals surface area contributed by atoms with Crippen molar-refractivity contribution >= 4 is 23.6 Å². The second-order valence-electron chi connectivity index (χ2n) is 5.82. The van der Waals surface area contributed by atoms with Crippen molar-refractivity contribution in [2.45, 2.75) is 23.9 Å². The van der Waals surface area contributed by atoms with E-state index in [0.29, 0.717) is 13.0 Å². The summed E-state index contributed by atoms with van der Waals surface area (Å²) in [5, 5.41) is 9.52. The quantitative estimate of drug-likeness (QED) is 0.834. The molecule has 130 valence electrons. The smallest absolute Gasteiger partial charge is 0.326 e. The highest BCUT2D eigenvalue weighted by atomic mass is 32.2. The third kappa shape index (κ3) is 3.96. The van der Waals surface area contributed by atoms with Crippen LogP contribution in [0.1, 0.15) is 11.1 Å². The first-order chi connectivity index (χ1) is 12.1. The summed E-state index contributed by atoms with van der Waals surface area (Å²) in [4.78, 5) is 26.7. The van der Waals surface area contributed by atoms with Crippen molar-refractivity contribution in [3.8, 4) is 5.75 Å². The lowest BCUT2D eigenvalue weighted by Gasteiger charge is -2.34. The summed E-state index contributed by atoms with van der Waals surface area (Å²) in [6.45, 7) is 0.338. The molecule has 1 amide bonds. The third-order valence-corrected chi connectivity index (χ3v) is 5.24. The van der Waals surface area contributed by atoms with Crippen molar-refractivity contribution in [2.75, 3.05) is 12.9 Å². The van der Waals surface area contributed by atoms with Crippen molar-refractivity contribution < 1.29 is 19.4 Å². The molecule has 1 aliphatic rings. The summed E-state index contributed by atoms with van der Waals surface area (Å²) in [5.41, 5.74) is 2.01. The van der Waals surface area contributed by atoms with Crippen LogP contribution < -0.4 is 4.74 Å². The Bertz CT molecular complexity index is 792. The number of ether oxygens (including phenoxy) is 1. The summed E-state index contributed by atoms with van der Waals surface area (Å²) in [7, 11) is 1.59. The maximum atomic E-state index is 12.7. The summed E-state index contributed by atoms with van der Waals surface area (Å²) in [5.74, 6) is -0.212. The van der Waals surface area contributed by atoms with E-state index in [1.807, 2.05) is 48.5 Å². The number of carboxylic acids is 1. The van der Waals surface area contributed by atoms with Crippen LogP contribution in [0.3, 0.4) is 0 Å². The fourth-order valence-electron chi connectivity index (χ4n) is 2.92. The van der Waals surface area contributed by atoms with Crippen LogP contribution in [0.25, 0.3) is 0 Å². The zero-order chi connectivity index (χ0) is 17.8. The number of hydrogen-bond donors (Lipinski definition) is 1. The zero-order valence-corrected chi connectivity index (χ0v) is 14.7. The molecule has 2 aromatic carbocycles. The van der Waals surface area contributed by atoms with Gasteiger partial charge in [-0.2, -0.15) is 0 Å². The number of amides is 1. The molecule has 2 aromatic rings. The average Bonchev–Trinajstić information content (AvgIpc) is 2.65. The number of methoxy groups -OCH3 is 1. The predicted octanol–water partition coefficient (Wildman–Crippen LogP) is 2.83. The molecule has 0 aliphatic carbocycles. The van der Waals surface area contributed by atoms with Gasteiger partial charge in [-0.25, -0.2) is 4.79 Å². The van der Waals surface area contributed by atoms with Crippen molar-refractivity contribution in [2.24, 2.45) is 0 Å². The monoisotopic (exact) mass is 357 g/mol. The summed E-state index contributed by atoms with van der Waals surface area (Å²) >= 11 is 1.38. The second kappa shape index (κ2) is 7.61. The van der Waals surface area contributed by atoms with Crippen LogP contribution >= 0.6 is 11.8 Å². The van der Waals surface area contributed by atoms with Gasteiger partial charge in [-0.1, -0.05) is 30.3 Å². The minimum atomic E-state index is -0.964. The average molecular weight is 357 g/mol. The fourth-order valence-corrected chi connectivity index (χ4v) is 3.75. The molecule has 0 aromatic heterocycles. The van der Waals surface area contributed by atoms with Crippen LogP contribution in [0, 0.1) is 0 Å². The standard InChI is InChI=1S/C19H19NO4S/c1-24-15-7-4-8-16(10-15)25-12-18(21)20-11-14-6-3-2-5-13(14)9-17(20)19(22)23/h2-8,10,17H,9,11-12H2,1H3,(H,22,23). The first-order valence-electron chi connectivity index (χ1n) is 7.94. The normalized spacial score (nSPS) is 16.2. The SMILES string of the molecule is COc1cccc(SCC(=O)N2Cc3ccccc3CC2C(=O)O)c1. The number of benzene rings is 2. The molecule has 1 N–H and O–H groups in total. The summed E-state index contributed by atoms with van der Waals surface area (Å²) in [6.07, 6.45) is 0.348. The van der Waals surface area contributed by atoms with Gasteiger partial charge in [0, 0.05) is 17.9 Å². The molecular formula is C19H19NO4S. The largest absolute Gasteiger partial charge is 0.497 e. The Hall–Kier alpha value is -2.47. The lowest BCUT2D eigenvalue weighted by atomic mass is 9.94. The molecule has 0 fully saturated rings. The van der Waals surface area contributed by atoms with Gasteiger partial charge < -0.3 is 14.7 Å². The molecular weight excluding hydrogens is 338 g/mol. The van der Waals surface area contributed by atoms with E-state index in [1.54, 1.807) is 7.11 Å². The molecule has 0 radical (unpaired) electrons. The molecule has 5 nitrogen and oxygen atoms in total. The molecule has 25 heavy (non-hydrogen) atoms. The van der Waals surface area contributed by atoms with Crippen LogP contribution in [0.4, 0.5) is 0 Å². The molecule has 0 saturated heterocycles. The highest BCUT2D eigenvalue weighted by Gasteiger charge is 2.34. The van der Waals surface area contributed by atoms with Gasteiger partial charge >= 0.3 is 5.97 Å². The Morgan fingerprint density at radius 3 is 2.68 bits per heavy atom. The molecule has 6 heteroatoms. The highest BCUT2D eigenvalue weighted by molar-refractivity contribution is 8.00. The minimum Gasteiger partial charge on any atom is -0.497 e. The van der Waals surface area contributed by atoms with Crippen LogP contribution in [-0.4, -0.2) is 40.8 Å². The number of aliphatic carboxylic acids is 1. The maximum absolute atomic E-state index is 12.7. The number of carbonyl (C=O) groups is 2. The first kappa shape index (κ1) is 17.4. The van der Waals surface area contributed by atoms with Gasteiger partial charge in [0.15, 0.2) is 0 Å². The molecule has 1 heterocycles. The maximum Gasteiger partial charge on any atom is 0.326 e. The third-order valence-electron chi connectivity index (χ3n) is 4.26. The highest BCUT2D eigenvalue weighted by Crippen LogP contribution is 2.27. The van der Waals surface area contributed by atoms with Crippen molar-refractivity contribution in [3.05, 3.63) is 59.7 Å². The molecule has 0 bridgehead atoms. The topological polar surface area (TPSA) is 66.8 Å². The Kier molecular flexibility index (Phi) is 5.28. The lowest BCUT2D eigenvalue weighted by molar-refractivity contribution is -0.150. The van der Waals surface area contributed by atoms with Crippen LogP contribution in [0.2, 0.25) is 0 Å². The second-order valence-corrected chi connectivity index (χ2v) is 6.86. The lowest BCUT2D eigenvalue weighted by Crippen LogP contribution is -2.49. The van der Waals surface area contributed by atoms with E-state index in [0.717, 1.165) is 21.8 Å². The van der Waals surface area contributed by atoms with Gasteiger partial charge in [-0.05, 0) is 29.3 Å². The van der Waals surface area contributed by atoms with Gasteiger partial charge in [-0.3, -0.25) is 4.79 Å². The van der Waals surface area contributed by atoms with Crippen molar-refractivity contribution in [1.29, 1.82) is 0 Å². The minimum absolute atomic E-state index is 0.172. The molecule has 1 unspecified atom stereocenters. The van der Waals surface area contributed by atoms with Gasteiger partial charge in [0.2, 0.25) is 5.91 Å². The summed E-state index contributed by atoms with van der Waals surface area (Å²) < 4.78 is 5.18. The molecule has 0 saturated carbocycles. The van der Waals surface area contributed by atoms with E-state index < -0.39 is 12.0 Å². The van der Waals surface area contributed by atoms with Gasteiger partial charge in [0.05, 0.1) is 12.9 Å². The van der Waals surface area contributed by atoms with Gasteiger partial charge in [0.1, 0.15) is 11.8 Å². The molecule has 3 rings (SSSR count). The van der Waals surface area contributed by atoms with E-state index in [-0.39, 0.29) is 11.7 Å². The fraction of sp³-hybridized carbons (Fsp3) is 0.263. The Morgan fingerprint density at radius 2 is 1.96 bits per heavy atom. The van der Waals surface area contributed by atoms with E-state index in [4.69, 9.17) is 4.74 Å². The number of hydrogen-bond acceptors (Lipinski definition) is 4. The number of rotatable bonds is 5. The Balaban J connectivity index is 1.72. The zero-order valence-electron chi connectivity index (χ0n) is 13.8. The van der Waals surface area contributed by atoms with E-state index >= 15 is 0 Å². The van der Waals surface area contributed by atoms with Crippen molar-refractivity contribution in [3.63, 3.8) is 0 Å². The molecule has 0 spiro atoms. The number of thioether (sulfide) groups is 1. The number of carbonyl (C=O) groups excluding carboxylic acids is 1. The predicted molar refractivity (Wildman–Crippen MR) is 95.8 cm³/mol. The van der Waals surface area contributed by atoms with Crippen LogP contribution in [0.5, 0.6) is 5.75 Å². The van der Waals surface area contributed by atoms with E-state index in [9.17, 15) is 14.7 Å². The number of carboxylic acid groups (broad SMARTS) is 1. The van der Waals surface area contributed by atoms with Crippen LogP contribution in [-0.2, 0) is 22.6 Å². The van der Waals surface area contributed by atoms with Gasteiger partial charge in [-0.15, -0.1) is 11.8 Å². The first-order valence-corrected chi connectivity index (χ1v) is 8.93. The van der Waals surface area contributed by atoms with Gasteiger partial charge in [0.25, 0.3) is 0 Å². The Morgan fingerprint density at radius 1 is 1.20 bits per heavy atom. The van der Waals surface area contributed by atoms with Crippen LogP contribution in [0.15, 0.2) is 53.4 Å². The number of fused-ring (bicyclic) bond motifs is 1. The van der Waals surface area contributed by atoms with E-state index in [1.165, 1.54) is 16.7 Å². The number of nitrogens with zero attached hydrogens (tertiary/aromatic N) is 1. The Labute approximate surface area is 150 Å². The molecule has 1 aliphatic heterocycles. The van der Waals surface area contributed by atoms with E-state index in [2.05, 4.69) is 0 Å². The van der Waals surface area contributed by atoms with Crippen molar-refractivity contribution in [1.82, 2.24) is 4.90 Å².